The minimum absolute atomic E-state index is 0.101. The van der Waals surface area contributed by atoms with E-state index in [1.165, 1.54) is 15.6 Å². The Hall–Kier alpha value is -2.36. The quantitative estimate of drug-likeness (QED) is 0.652. The highest BCUT2D eigenvalue weighted by atomic mass is 32.2. The molecular weight excluding hydrogens is 420 g/mol. The molecule has 0 atom stereocenters. The molecule has 0 spiro atoms. The van der Waals surface area contributed by atoms with E-state index >= 15 is 0 Å². The fourth-order valence-corrected chi connectivity index (χ4v) is 6.24. The van der Waals surface area contributed by atoms with Crippen LogP contribution >= 0.6 is 11.3 Å². The highest BCUT2D eigenvalue weighted by molar-refractivity contribution is 7.89. The van der Waals surface area contributed by atoms with Crippen molar-refractivity contribution in [2.75, 3.05) is 18.4 Å². The van der Waals surface area contributed by atoms with E-state index in [2.05, 4.69) is 15.5 Å². The molecule has 2 aromatic carbocycles. The molecular formula is C21H22N4O3S2. The monoisotopic (exact) mass is 442 g/mol. The summed E-state index contributed by atoms with van der Waals surface area (Å²) < 4.78 is 27.6. The largest absolute Gasteiger partial charge is 0.300 e. The van der Waals surface area contributed by atoms with Gasteiger partial charge in [-0.15, -0.1) is 10.2 Å². The van der Waals surface area contributed by atoms with Gasteiger partial charge >= 0.3 is 0 Å². The Morgan fingerprint density at radius 3 is 2.47 bits per heavy atom. The number of benzene rings is 2. The first-order valence-electron chi connectivity index (χ1n) is 10.1. The number of piperidine rings is 1. The molecule has 1 N–H and O–H groups in total. The van der Waals surface area contributed by atoms with E-state index in [0.29, 0.717) is 41.9 Å². The summed E-state index contributed by atoms with van der Waals surface area (Å²) >= 11 is 1.44. The van der Waals surface area contributed by atoms with Gasteiger partial charge in [-0.25, -0.2) is 8.42 Å². The van der Waals surface area contributed by atoms with Gasteiger partial charge in [0.1, 0.15) is 5.01 Å². The molecule has 1 amide bonds. The lowest BCUT2D eigenvalue weighted by Gasteiger charge is -2.30. The number of aromatic nitrogens is 2. The van der Waals surface area contributed by atoms with Crippen molar-refractivity contribution in [2.24, 2.45) is 5.92 Å². The smallest absolute Gasteiger partial charge is 0.243 e. The summed E-state index contributed by atoms with van der Waals surface area (Å²) in [6.07, 6.45) is 3.28. The second-order valence-corrected chi connectivity index (χ2v) is 10.8. The highest BCUT2D eigenvalue weighted by Gasteiger charge is 2.33. The van der Waals surface area contributed by atoms with Crippen LogP contribution in [0.5, 0.6) is 0 Å². The average molecular weight is 443 g/mol. The number of carbonyl (C=O) groups is 1. The lowest BCUT2D eigenvalue weighted by molar-refractivity contribution is -0.120. The van der Waals surface area contributed by atoms with Gasteiger partial charge in [0.25, 0.3) is 0 Å². The fourth-order valence-electron chi connectivity index (χ4n) is 3.82. The number of nitrogens with zero attached hydrogens (tertiary/aromatic N) is 3. The van der Waals surface area contributed by atoms with Crippen LogP contribution in [0.4, 0.5) is 5.13 Å². The number of fused-ring (bicyclic) bond motifs is 1. The zero-order chi connectivity index (χ0) is 20.7. The maximum atomic E-state index is 13.1. The minimum atomic E-state index is -3.58. The van der Waals surface area contributed by atoms with E-state index in [9.17, 15) is 13.2 Å². The molecule has 7 nitrogen and oxygen atoms in total. The fraction of sp³-hybridized carbons (Fsp3) is 0.381. The van der Waals surface area contributed by atoms with Crippen molar-refractivity contribution in [2.45, 2.75) is 36.5 Å². The zero-order valence-corrected chi connectivity index (χ0v) is 18.0. The molecule has 1 aliphatic carbocycles. The van der Waals surface area contributed by atoms with E-state index in [1.54, 1.807) is 12.1 Å². The summed E-state index contributed by atoms with van der Waals surface area (Å²) in [6.45, 7) is 0.660. The number of anilines is 1. The lowest BCUT2D eigenvalue weighted by atomic mass is 9.97. The number of rotatable bonds is 5. The summed E-state index contributed by atoms with van der Waals surface area (Å²) in [4.78, 5) is 12.9. The molecule has 2 fully saturated rings. The van der Waals surface area contributed by atoms with E-state index < -0.39 is 10.0 Å². The summed E-state index contributed by atoms with van der Waals surface area (Å²) in [5.41, 5.74) is 0. The summed E-state index contributed by atoms with van der Waals surface area (Å²) in [7, 11) is -3.58. The van der Waals surface area contributed by atoms with Crippen LogP contribution in [-0.4, -0.2) is 41.9 Å². The maximum Gasteiger partial charge on any atom is 0.243 e. The van der Waals surface area contributed by atoms with Gasteiger partial charge in [-0.1, -0.05) is 41.7 Å². The van der Waals surface area contributed by atoms with E-state index in [-0.39, 0.29) is 11.8 Å². The summed E-state index contributed by atoms with van der Waals surface area (Å²) in [6, 6.07) is 12.9. The predicted molar refractivity (Wildman–Crippen MR) is 116 cm³/mol. The Balaban J connectivity index is 1.23. The van der Waals surface area contributed by atoms with E-state index in [0.717, 1.165) is 28.6 Å². The molecule has 1 aliphatic heterocycles. The van der Waals surface area contributed by atoms with Gasteiger partial charge in [0, 0.05) is 24.9 Å². The molecule has 9 heteroatoms. The molecule has 1 saturated carbocycles. The summed E-state index contributed by atoms with van der Waals surface area (Å²) in [5.74, 6) is 0.189. The Morgan fingerprint density at radius 1 is 1.00 bits per heavy atom. The van der Waals surface area contributed by atoms with Crippen LogP contribution in [0, 0.1) is 5.92 Å². The molecule has 0 radical (unpaired) electrons. The topological polar surface area (TPSA) is 92.3 Å². The van der Waals surface area contributed by atoms with Crippen molar-refractivity contribution in [1.29, 1.82) is 0 Å². The van der Waals surface area contributed by atoms with E-state index in [1.807, 2.05) is 30.3 Å². The van der Waals surface area contributed by atoms with Crippen molar-refractivity contribution in [3.8, 4) is 0 Å². The Bertz CT molecular complexity index is 1200. The maximum absolute atomic E-state index is 13.1. The normalized spacial score (nSPS) is 18.5. The second-order valence-electron chi connectivity index (χ2n) is 7.90. The Labute approximate surface area is 179 Å². The number of hydrogen-bond acceptors (Lipinski definition) is 6. The Morgan fingerprint density at radius 2 is 1.73 bits per heavy atom. The minimum Gasteiger partial charge on any atom is -0.300 e. The van der Waals surface area contributed by atoms with Gasteiger partial charge < -0.3 is 5.32 Å². The van der Waals surface area contributed by atoms with Crippen molar-refractivity contribution in [3.05, 3.63) is 47.5 Å². The third kappa shape index (κ3) is 3.84. The van der Waals surface area contributed by atoms with E-state index in [4.69, 9.17) is 0 Å². The van der Waals surface area contributed by atoms with Crippen LogP contribution in [0.3, 0.4) is 0 Å². The van der Waals surface area contributed by atoms with Gasteiger partial charge in [-0.3, -0.25) is 4.79 Å². The van der Waals surface area contributed by atoms with Crippen LogP contribution in [0.2, 0.25) is 0 Å². The third-order valence-corrected chi connectivity index (χ3v) is 8.68. The van der Waals surface area contributed by atoms with Gasteiger partial charge in [0.2, 0.25) is 21.1 Å². The standard InChI is InChI=1S/C21H22N4O3S2/c26-19(22-21-24-23-20(29-21)16-5-6-16)15-9-11-25(12-10-15)30(27,28)18-8-7-14-3-1-2-4-17(14)13-18/h1-4,7-8,13,15-16H,5-6,9-12H2,(H,22,24,26). The van der Waals surface area contributed by atoms with Crippen molar-refractivity contribution in [3.63, 3.8) is 0 Å². The van der Waals surface area contributed by atoms with Gasteiger partial charge in [0.15, 0.2) is 0 Å². The summed E-state index contributed by atoms with van der Waals surface area (Å²) in [5, 5.41) is 14.5. The van der Waals surface area contributed by atoms with Crippen LogP contribution in [-0.2, 0) is 14.8 Å². The molecule has 1 saturated heterocycles. The zero-order valence-electron chi connectivity index (χ0n) is 16.3. The number of sulfonamides is 1. The van der Waals surface area contributed by atoms with Crippen LogP contribution in [0.1, 0.15) is 36.6 Å². The van der Waals surface area contributed by atoms with Gasteiger partial charge in [-0.05, 0) is 48.6 Å². The number of carbonyl (C=O) groups excluding carboxylic acids is 1. The molecule has 1 aromatic heterocycles. The molecule has 5 rings (SSSR count). The van der Waals surface area contributed by atoms with Crippen LogP contribution in [0.15, 0.2) is 47.4 Å². The molecule has 3 aromatic rings. The molecule has 2 heterocycles. The molecule has 2 aliphatic rings. The van der Waals surface area contributed by atoms with Crippen LogP contribution in [0.25, 0.3) is 10.8 Å². The highest BCUT2D eigenvalue weighted by Crippen LogP contribution is 2.42. The number of hydrogen-bond donors (Lipinski definition) is 1. The SMILES string of the molecule is O=C(Nc1nnc(C2CC2)s1)C1CCN(S(=O)(=O)c2ccc3ccccc3c2)CC1. The lowest BCUT2D eigenvalue weighted by Crippen LogP contribution is -2.41. The Kier molecular flexibility index (Phi) is 5.04. The molecule has 0 unspecified atom stereocenters. The predicted octanol–water partition coefficient (Wildman–Crippen LogP) is 3.61. The number of amides is 1. The second kappa shape index (κ2) is 7.72. The van der Waals surface area contributed by atoms with Gasteiger partial charge in [0.05, 0.1) is 4.90 Å². The van der Waals surface area contributed by atoms with Crippen LogP contribution < -0.4 is 5.32 Å². The van der Waals surface area contributed by atoms with Crippen molar-refractivity contribution >= 4 is 43.2 Å². The first-order valence-corrected chi connectivity index (χ1v) is 12.4. The average Bonchev–Trinajstić information content (AvgIpc) is 3.52. The third-order valence-electron chi connectivity index (χ3n) is 5.78. The first kappa shape index (κ1) is 19.6. The molecule has 30 heavy (non-hydrogen) atoms. The number of nitrogens with one attached hydrogen (secondary N) is 1. The first-order chi connectivity index (χ1) is 14.5. The molecule has 0 bridgehead atoms. The van der Waals surface area contributed by atoms with Crippen molar-refractivity contribution < 1.29 is 13.2 Å². The van der Waals surface area contributed by atoms with Crippen molar-refractivity contribution in [1.82, 2.24) is 14.5 Å². The molecule has 156 valence electrons. The van der Waals surface area contributed by atoms with Gasteiger partial charge in [-0.2, -0.15) is 4.31 Å².